The van der Waals surface area contributed by atoms with Gasteiger partial charge in [0.15, 0.2) is 0 Å². The molecular weight excluding hydrogens is 260 g/mol. The Morgan fingerprint density at radius 3 is 2.86 bits per heavy atom. The first kappa shape index (κ1) is 13.6. The lowest BCUT2D eigenvalue weighted by molar-refractivity contribution is 0.0940. The SMILES string of the molecule is C=CC1=C(N=C)CC=C1c1ccc2c(c1)C(C)(C)NC2=O.[HH].[HH]. The van der Waals surface area contributed by atoms with E-state index < -0.39 is 0 Å². The Labute approximate surface area is 127 Å². The van der Waals surface area contributed by atoms with Gasteiger partial charge < -0.3 is 5.32 Å². The quantitative estimate of drug-likeness (QED) is 0.834. The highest BCUT2D eigenvalue weighted by atomic mass is 16.2. The molecule has 1 heterocycles. The van der Waals surface area contributed by atoms with Crippen LogP contribution in [0.2, 0.25) is 0 Å². The molecule has 1 amide bonds. The van der Waals surface area contributed by atoms with Crippen LogP contribution in [0.4, 0.5) is 0 Å². The van der Waals surface area contributed by atoms with Crippen LogP contribution in [0.3, 0.4) is 0 Å². The smallest absolute Gasteiger partial charge is 0.252 e. The molecule has 3 nitrogen and oxygen atoms in total. The third-order valence-corrected chi connectivity index (χ3v) is 4.17. The number of carbonyl (C=O) groups excluding carboxylic acids is 1. The van der Waals surface area contributed by atoms with Crippen molar-refractivity contribution in [3.05, 3.63) is 64.9 Å². The van der Waals surface area contributed by atoms with Gasteiger partial charge in [0.1, 0.15) is 0 Å². The highest BCUT2D eigenvalue weighted by molar-refractivity contribution is 6.00. The minimum atomic E-state index is -0.334. The van der Waals surface area contributed by atoms with Crippen molar-refractivity contribution < 1.29 is 7.65 Å². The second kappa shape index (κ2) is 4.55. The van der Waals surface area contributed by atoms with Crippen molar-refractivity contribution in [3.63, 3.8) is 0 Å². The number of rotatable bonds is 3. The lowest BCUT2D eigenvalue weighted by Gasteiger charge is -2.20. The number of nitrogens with zero attached hydrogens (tertiary/aromatic N) is 1. The molecule has 1 N–H and O–H groups in total. The summed E-state index contributed by atoms with van der Waals surface area (Å²) in [5, 5.41) is 3.00. The zero-order valence-electron chi connectivity index (χ0n) is 12.4. The first-order chi connectivity index (χ1) is 9.97. The number of aliphatic imine (C=N–C) groups is 1. The van der Waals surface area contributed by atoms with Gasteiger partial charge in [0.25, 0.3) is 5.91 Å². The van der Waals surface area contributed by atoms with Gasteiger partial charge in [0, 0.05) is 20.4 Å². The molecule has 0 fully saturated rings. The molecule has 2 aliphatic rings. The number of nitrogens with one attached hydrogen (secondary N) is 1. The average Bonchev–Trinajstić information content (AvgIpc) is 2.97. The monoisotopic (exact) mass is 282 g/mol. The summed E-state index contributed by atoms with van der Waals surface area (Å²) in [6, 6.07) is 5.98. The van der Waals surface area contributed by atoms with Crippen molar-refractivity contribution in [2.45, 2.75) is 25.8 Å². The summed E-state index contributed by atoms with van der Waals surface area (Å²) in [4.78, 5) is 16.0. The van der Waals surface area contributed by atoms with Crippen LogP contribution in [-0.2, 0) is 5.54 Å². The van der Waals surface area contributed by atoms with Crippen LogP contribution in [0, 0.1) is 0 Å². The third-order valence-electron chi connectivity index (χ3n) is 4.17. The molecule has 3 heteroatoms. The van der Waals surface area contributed by atoms with Crippen LogP contribution >= 0.6 is 0 Å². The molecule has 1 aromatic carbocycles. The third kappa shape index (κ3) is 1.97. The fraction of sp³-hybridized carbons (Fsp3) is 0.222. The lowest BCUT2D eigenvalue weighted by Crippen LogP contribution is -2.32. The molecule has 21 heavy (non-hydrogen) atoms. The molecule has 0 radical (unpaired) electrons. The molecule has 110 valence electrons. The van der Waals surface area contributed by atoms with Gasteiger partial charge in [-0.05, 0) is 49.4 Å². The number of benzene rings is 1. The predicted molar refractivity (Wildman–Crippen MR) is 90.5 cm³/mol. The van der Waals surface area contributed by atoms with Crippen LogP contribution < -0.4 is 5.32 Å². The maximum atomic E-state index is 12.0. The normalized spacial score (nSPS) is 19.1. The summed E-state index contributed by atoms with van der Waals surface area (Å²) in [6.45, 7) is 11.5. The number of allylic oxidation sites excluding steroid dienone is 4. The van der Waals surface area contributed by atoms with Crippen LogP contribution in [0.25, 0.3) is 5.57 Å². The number of hydrogen-bond acceptors (Lipinski definition) is 2. The van der Waals surface area contributed by atoms with Gasteiger partial charge in [0.05, 0.1) is 11.2 Å². The van der Waals surface area contributed by atoms with Gasteiger partial charge in [-0.2, -0.15) is 0 Å². The van der Waals surface area contributed by atoms with E-state index in [0.29, 0.717) is 0 Å². The van der Waals surface area contributed by atoms with Gasteiger partial charge in [-0.3, -0.25) is 9.79 Å². The lowest BCUT2D eigenvalue weighted by atomic mass is 9.90. The van der Waals surface area contributed by atoms with E-state index in [2.05, 4.69) is 35.7 Å². The maximum Gasteiger partial charge on any atom is 0.252 e. The molecule has 1 aliphatic heterocycles. The molecule has 0 saturated heterocycles. The van der Waals surface area contributed by atoms with Crippen molar-refractivity contribution in [1.82, 2.24) is 5.32 Å². The second-order valence-electron chi connectivity index (χ2n) is 5.88. The molecule has 0 spiro atoms. The summed E-state index contributed by atoms with van der Waals surface area (Å²) < 4.78 is 0. The van der Waals surface area contributed by atoms with Gasteiger partial charge in [-0.15, -0.1) is 0 Å². The predicted octanol–water partition coefficient (Wildman–Crippen LogP) is 4.08. The molecular formula is C18H22N2O. The molecule has 0 saturated carbocycles. The standard InChI is InChI=1S/C18H18N2O.2H2/c1-5-12-13(8-9-16(12)19-4)11-6-7-14-15(10-11)18(2,3)20-17(14)21;;/h5-8,10H,1,4,9H2,2-3H3,(H,20,21);2*1H. The molecule has 1 aliphatic carbocycles. The fourth-order valence-electron chi connectivity index (χ4n) is 3.07. The largest absolute Gasteiger partial charge is 0.343 e. The zero-order chi connectivity index (χ0) is 15.2. The molecule has 1 aromatic rings. The Kier molecular flexibility index (Phi) is 2.94. The van der Waals surface area contributed by atoms with Crippen molar-refractivity contribution in [2.24, 2.45) is 4.99 Å². The maximum absolute atomic E-state index is 12.0. The average molecular weight is 282 g/mol. The number of amides is 1. The summed E-state index contributed by atoms with van der Waals surface area (Å²) in [5.74, 6) is -0.00474. The van der Waals surface area contributed by atoms with Gasteiger partial charge in [-0.1, -0.05) is 24.8 Å². The van der Waals surface area contributed by atoms with E-state index in [1.165, 1.54) is 0 Å². The summed E-state index contributed by atoms with van der Waals surface area (Å²) in [7, 11) is 0. The van der Waals surface area contributed by atoms with Crippen molar-refractivity contribution >= 4 is 18.2 Å². The van der Waals surface area contributed by atoms with Gasteiger partial charge >= 0.3 is 0 Å². The molecule has 0 atom stereocenters. The molecule has 0 aromatic heterocycles. The molecule has 0 bridgehead atoms. The van der Waals surface area contributed by atoms with E-state index in [4.69, 9.17) is 0 Å². The second-order valence-corrected chi connectivity index (χ2v) is 5.88. The summed E-state index contributed by atoms with van der Waals surface area (Å²) in [6.07, 6.45) is 4.74. The minimum Gasteiger partial charge on any atom is -0.343 e. The number of hydrogen-bond donors (Lipinski definition) is 1. The topological polar surface area (TPSA) is 41.5 Å². The van der Waals surface area contributed by atoms with Crippen LogP contribution in [-0.4, -0.2) is 12.6 Å². The van der Waals surface area contributed by atoms with E-state index in [9.17, 15) is 4.79 Å². The Hall–Kier alpha value is -2.42. The van der Waals surface area contributed by atoms with E-state index >= 15 is 0 Å². The van der Waals surface area contributed by atoms with Crippen LogP contribution in [0.15, 0.2) is 53.2 Å². The molecule has 0 unspecified atom stereocenters. The first-order valence-corrected chi connectivity index (χ1v) is 6.98. The Morgan fingerprint density at radius 1 is 1.43 bits per heavy atom. The Morgan fingerprint density at radius 2 is 2.19 bits per heavy atom. The fourth-order valence-corrected chi connectivity index (χ4v) is 3.07. The minimum absolute atomic E-state index is 0. The van der Waals surface area contributed by atoms with Crippen molar-refractivity contribution in [3.8, 4) is 0 Å². The van der Waals surface area contributed by atoms with Gasteiger partial charge in [0.2, 0.25) is 0 Å². The number of carbonyl (C=O) groups is 1. The summed E-state index contributed by atoms with van der Waals surface area (Å²) >= 11 is 0. The molecule has 3 rings (SSSR count). The highest BCUT2D eigenvalue weighted by Gasteiger charge is 2.35. The number of fused-ring (bicyclic) bond motifs is 1. The van der Waals surface area contributed by atoms with E-state index in [1.54, 1.807) is 0 Å². The first-order valence-electron chi connectivity index (χ1n) is 6.98. The zero-order valence-corrected chi connectivity index (χ0v) is 12.4. The highest BCUT2D eigenvalue weighted by Crippen LogP contribution is 2.38. The summed E-state index contributed by atoms with van der Waals surface area (Å²) in [5.41, 5.74) is 5.65. The van der Waals surface area contributed by atoms with Crippen LogP contribution in [0.1, 0.15) is 44.6 Å². The van der Waals surface area contributed by atoms with E-state index in [0.717, 1.165) is 40.0 Å². The van der Waals surface area contributed by atoms with Crippen LogP contribution in [0.5, 0.6) is 0 Å². The van der Waals surface area contributed by atoms with Crippen molar-refractivity contribution in [1.29, 1.82) is 0 Å². The van der Waals surface area contributed by atoms with Crippen molar-refractivity contribution in [2.75, 3.05) is 0 Å². The van der Waals surface area contributed by atoms with E-state index in [-0.39, 0.29) is 14.3 Å². The van der Waals surface area contributed by atoms with E-state index in [1.807, 2.05) is 32.1 Å². The Balaban J connectivity index is 0.00000132. The van der Waals surface area contributed by atoms with Gasteiger partial charge in [-0.25, -0.2) is 0 Å². The Bertz CT molecular complexity index is 745.